The van der Waals surface area contributed by atoms with Crippen LogP contribution in [0.3, 0.4) is 0 Å². The van der Waals surface area contributed by atoms with Gasteiger partial charge in [0.15, 0.2) is 0 Å². The van der Waals surface area contributed by atoms with Crippen molar-refractivity contribution in [3.63, 3.8) is 0 Å². The maximum Gasteiger partial charge on any atom is 0.211 e. The van der Waals surface area contributed by atoms with E-state index in [9.17, 15) is 12.8 Å². The third kappa shape index (κ3) is 3.28. The van der Waals surface area contributed by atoms with Gasteiger partial charge < -0.3 is 9.72 Å². The predicted octanol–water partition coefficient (Wildman–Crippen LogP) is 3.76. The number of nitrogens with zero attached hydrogens (tertiary/aromatic N) is 2. The molecule has 8 heteroatoms. The van der Waals surface area contributed by atoms with E-state index in [0.717, 1.165) is 35.1 Å². The number of pyridine rings is 1. The van der Waals surface area contributed by atoms with Gasteiger partial charge >= 0.3 is 0 Å². The van der Waals surface area contributed by atoms with Gasteiger partial charge in [-0.05, 0) is 66.5 Å². The van der Waals surface area contributed by atoms with Gasteiger partial charge in [-0.25, -0.2) is 22.1 Å². The molecule has 1 aromatic carbocycles. The van der Waals surface area contributed by atoms with Crippen LogP contribution in [0.5, 0.6) is 5.75 Å². The number of nitrogens with one attached hydrogen (secondary N) is 1. The van der Waals surface area contributed by atoms with Crippen LogP contribution in [0.2, 0.25) is 0 Å². The zero-order valence-corrected chi connectivity index (χ0v) is 17.7. The molecule has 3 heterocycles. The van der Waals surface area contributed by atoms with Crippen molar-refractivity contribution in [1.82, 2.24) is 14.3 Å². The van der Waals surface area contributed by atoms with Crippen LogP contribution in [-0.4, -0.2) is 49.1 Å². The monoisotopic (exact) mass is 429 g/mol. The zero-order valence-electron chi connectivity index (χ0n) is 16.9. The maximum absolute atomic E-state index is 13.9. The summed E-state index contributed by atoms with van der Waals surface area (Å²) in [5.41, 5.74) is 3.45. The van der Waals surface area contributed by atoms with Crippen molar-refractivity contribution >= 4 is 21.1 Å². The third-order valence-electron chi connectivity index (χ3n) is 6.63. The second-order valence-corrected chi connectivity index (χ2v) is 10.4. The number of rotatable bonds is 4. The topological polar surface area (TPSA) is 75.3 Å². The van der Waals surface area contributed by atoms with E-state index in [0.29, 0.717) is 42.2 Å². The number of aromatic amines is 1. The van der Waals surface area contributed by atoms with Gasteiger partial charge in [-0.2, -0.15) is 0 Å². The SMILES string of the molecule is COc1ccc(F)cc1-c1ccnc2[nH]c(C3CC4CN(S(C)(=O)=O)CC4C3)cc12. The van der Waals surface area contributed by atoms with Gasteiger partial charge in [-0.3, -0.25) is 0 Å². The van der Waals surface area contributed by atoms with Gasteiger partial charge in [0.05, 0.1) is 13.4 Å². The Morgan fingerprint density at radius 2 is 1.87 bits per heavy atom. The first-order chi connectivity index (χ1) is 14.3. The zero-order chi connectivity index (χ0) is 21.0. The highest BCUT2D eigenvalue weighted by Gasteiger charge is 2.44. The molecule has 2 aromatic heterocycles. The molecule has 1 aliphatic heterocycles. The Hall–Kier alpha value is -2.45. The number of methoxy groups -OCH3 is 1. The van der Waals surface area contributed by atoms with Crippen LogP contribution < -0.4 is 4.74 Å². The van der Waals surface area contributed by atoms with Crippen molar-refractivity contribution in [1.29, 1.82) is 0 Å². The minimum absolute atomic E-state index is 0.314. The van der Waals surface area contributed by atoms with Gasteiger partial charge in [0, 0.05) is 35.9 Å². The molecule has 2 atom stereocenters. The highest BCUT2D eigenvalue weighted by atomic mass is 32.2. The summed E-state index contributed by atoms with van der Waals surface area (Å²) in [6, 6.07) is 8.50. The quantitative estimate of drug-likeness (QED) is 0.685. The van der Waals surface area contributed by atoms with Crippen LogP contribution in [0.25, 0.3) is 22.2 Å². The number of sulfonamides is 1. The third-order valence-corrected chi connectivity index (χ3v) is 7.87. The maximum atomic E-state index is 13.9. The molecule has 0 bridgehead atoms. The molecule has 2 aliphatic rings. The van der Waals surface area contributed by atoms with Crippen molar-refractivity contribution in [3.05, 3.63) is 48.0 Å². The lowest BCUT2D eigenvalue weighted by molar-refractivity contribution is 0.415. The molecule has 2 unspecified atom stereocenters. The summed E-state index contributed by atoms with van der Waals surface area (Å²) in [5, 5.41) is 0.936. The van der Waals surface area contributed by atoms with Gasteiger partial charge in [0.1, 0.15) is 17.2 Å². The number of hydrogen-bond donors (Lipinski definition) is 1. The van der Waals surface area contributed by atoms with Crippen LogP contribution >= 0.6 is 0 Å². The molecule has 0 spiro atoms. The number of H-pyrrole nitrogens is 1. The number of hydrogen-bond acceptors (Lipinski definition) is 4. The minimum atomic E-state index is -3.12. The van der Waals surface area contributed by atoms with Crippen molar-refractivity contribution in [3.8, 4) is 16.9 Å². The minimum Gasteiger partial charge on any atom is -0.496 e. The lowest BCUT2D eigenvalue weighted by Crippen LogP contribution is -2.28. The Bertz CT molecular complexity index is 1210. The molecule has 1 aliphatic carbocycles. The van der Waals surface area contributed by atoms with E-state index >= 15 is 0 Å². The average Bonchev–Trinajstić information content (AvgIpc) is 3.39. The molecule has 30 heavy (non-hydrogen) atoms. The van der Waals surface area contributed by atoms with E-state index in [1.807, 2.05) is 6.07 Å². The molecule has 1 saturated carbocycles. The molecule has 1 saturated heterocycles. The number of fused-ring (bicyclic) bond motifs is 2. The molecule has 0 amide bonds. The predicted molar refractivity (Wildman–Crippen MR) is 113 cm³/mol. The van der Waals surface area contributed by atoms with Crippen LogP contribution in [0, 0.1) is 17.7 Å². The number of halogens is 1. The molecule has 6 nitrogen and oxygen atoms in total. The number of benzene rings is 1. The summed E-state index contributed by atoms with van der Waals surface area (Å²) in [4.78, 5) is 7.93. The molecule has 2 fully saturated rings. The summed E-state index contributed by atoms with van der Waals surface area (Å²) in [5.74, 6) is 1.44. The van der Waals surface area contributed by atoms with Gasteiger partial charge in [0.25, 0.3) is 0 Å². The van der Waals surface area contributed by atoms with E-state index in [4.69, 9.17) is 4.74 Å². The molecule has 1 N–H and O–H groups in total. The van der Waals surface area contributed by atoms with E-state index in [2.05, 4.69) is 16.0 Å². The van der Waals surface area contributed by atoms with Gasteiger partial charge in [0.2, 0.25) is 10.0 Å². The lowest BCUT2D eigenvalue weighted by atomic mass is 9.99. The van der Waals surface area contributed by atoms with E-state index < -0.39 is 10.0 Å². The summed E-state index contributed by atoms with van der Waals surface area (Å²) in [6.07, 6.45) is 4.93. The normalized spacial score (nSPS) is 24.4. The highest BCUT2D eigenvalue weighted by Crippen LogP contribution is 2.47. The fourth-order valence-corrected chi connectivity index (χ4v) is 6.10. The number of ether oxygens (including phenoxy) is 1. The van der Waals surface area contributed by atoms with Crippen LogP contribution in [0.1, 0.15) is 24.5 Å². The molecular formula is C22H24FN3O3S. The van der Waals surface area contributed by atoms with Crippen LogP contribution in [-0.2, 0) is 10.0 Å². The van der Waals surface area contributed by atoms with Gasteiger partial charge in [-0.1, -0.05) is 0 Å². The second kappa shape index (κ2) is 7.06. The van der Waals surface area contributed by atoms with E-state index in [1.54, 1.807) is 23.7 Å². The van der Waals surface area contributed by atoms with Crippen LogP contribution in [0.4, 0.5) is 4.39 Å². The smallest absolute Gasteiger partial charge is 0.211 e. The molecule has 158 valence electrons. The summed E-state index contributed by atoms with van der Waals surface area (Å²) >= 11 is 0. The van der Waals surface area contributed by atoms with Crippen molar-refractivity contribution in [2.45, 2.75) is 18.8 Å². The van der Waals surface area contributed by atoms with E-state index in [-0.39, 0.29) is 5.82 Å². The molecule has 5 rings (SSSR count). The second-order valence-electron chi connectivity index (χ2n) is 8.46. The standard InChI is InChI=1S/C22H24FN3O3S/c1-29-21-4-3-16(23)9-18(21)17-5-6-24-22-19(17)10-20(25-22)13-7-14-11-26(30(2,27)28)12-15(14)8-13/h3-6,9-10,13-15H,7-8,11-12H2,1-2H3,(H,24,25). The Labute approximate surface area is 175 Å². The fraction of sp³-hybridized carbons (Fsp3) is 0.409. The largest absolute Gasteiger partial charge is 0.496 e. The summed E-state index contributed by atoms with van der Waals surface area (Å²) in [6.45, 7) is 1.23. The summed E-state index contributed by atoms with van der Waals surface area (Å²) < 4.78 is 44.7. The lowest BCUT2D eigenvalue weighted by Gasteiger charge is -2.16. The van der Waals surface area contributed by atoms with Crippen molar-refractivity contribution < 1.29 is 17.5 Å². The first-order valence-electron chi connectivity index (χ1n) is 10.1. The molecular weight excluding hydrogens is 405 g/mol. The Morgan fingerprint density at radius 1 is 1.13 bits per heavy atom. The van der Waals surface area contributed by atoms with Crippen LogP contribution in [0.15, 0.2) is 36.5 Å². The Morgan fingerprint density at radius 3 is 2.53 bits per heavy atom. The first kappa shape index (κ1) is 19.5. The summed E-state index contributed by atoms with van der Waals surface area (Å²) in [7, 11) is -1.54. The van der Waals surface area contributed by atoms with Crippen molar-refractivity contribution in [2.75, 3.05) is 26.5 Å². The van der Waals surface area contributed by atoms with Crippen molar-refractivity contribution in [2.24, 2.45) is 11.8 Å². The van der Waals surface area contributed by atoms with Gasteiger partial charge in [-0.15, -0.1) is 0 Å². The fourth-order valence-electron chi connectivity index (χ4n) is 5.17. The first-order valence-corrected chi connectivity index (χ1v) is 11.9. The van der Waals surface area contributed by atoms with E-state index in [1.165, 1.54) is 18.4 Å². The molecule has 3 aromatic rings. The Balaban J connectivity index is 1.47. The number of aromatic nitrogens is 2. The Kier molecular flexibility index (Phi) is 4.59. The average molecular weight is 430 g/mol. The highest BCUT2D eigenvalue weighted by molar-refractivity contribution is 7.88. The molecule has 0 radical (unpaired) electrons.